The molecule has 3 aliphatic carbocycles. The highest BCUT2D eigenvalue weighted by atomic mass is 16.3. The molecule has 204 valence electrons. The van der Waals surface area contributed by atoms with Gasteiger partial charge in [-0.25, -0.2) is 0 Å². The first-order chi connectivity index (χ1) is 16.8. The lowest BCUT2D eigenvalue weighted by Crippen LogP contribution is -2.29. The van der Waals surface area contributed by atoms with E-state index in [9.17, 15) is 15.0 Å². The zero-order chi connectivity index (χ0) is 25.2. The van der Waals surface area contributed by atoms with E-state index < -0.39 is 6.10 Å². The van der Waals surface area contributed by atoms with Crippen molar-refractivity contribution in [2.45, 2.75) is 155 Å². The maximum atomic E-state index is 12.7. The Labute approximate surface area is 217 Å². The lowest BCUT2D eigenvalue weighted by molar-refractivity contribution is -0.128. The van der Waals surface area contributed by atoms with Gasteiger partial charge in [-0.05, 0) is 92.8 Å². The van der Waals surface area contributed by atoms with Gasteiger partial charge in [-0.3, -0.25) is 4.79 Å². The van der Waals surface area contributed by atoms with Crippen LogP contribution in [0.25, 0.3) is 0 Å². The van der Waals surface area contributed by atoms with Crippen LogP contribution < -0.4 is 0 Å². The van der Waals surface area contributed by atoms with Crippen molar-refractivity contribution in [2.75, 3.05) is 0 Å². The summed E-state index contributed by atoms with van der Waals surface area (Å²) in [5.74, 6) is 4.72. The number of ketones is 1. The van der Waals surface area contributed by atoms with E-state index in [-0.39, 0.29) is 11.9 Å². The van der Waals surface area contributed by atoms with E-state index in [2.05, 4.69) is 20.8 Å². The summed E-state index contributed by atoms with van der Waals surface area (Å²) in [6.07, 6.45) is 21.4. The van der Waals surface area contributed by atoms with Crippen LogP contribution in [0.4, 0.5) is 0 Å². The number of carbonyl (C=O) groups is 1. The molecule has 0 spiro atoms. The molecule has 0 bridgehead atoms. The highest BCUT2D eigenvalue weighted by Gasteiger charge is 2.29. The Bertz CT molecular complexity index is 580. The van der Waals surface area contributed by atoms with E-state index in [1.807, 2.05) is 0 Å². The highest BCUT2D eigenvalue weighted by molar-refractivity contribution is 5.82. The quantitative estimate of drug-likeness (QED) is 0.274. The molecule has 0 saturated heterocycles. The number of hydrogen-bond donors (Lipinski definition) is 2. The van der Waals surface area contributed by atoms with Crippen LogP contribution in [0.15, 0.2) is 0 Å². The molecule has 0 amide bonds. The minimum atomic E-state index is -0.785. The van der Waals surface area contributed by atoms with Crippen molar-refractivity contribution >= 4 is 5.78 Å². The fourth-order valence-electron chi connectivity index (χ4n) is 7.62. The molecule has 0 aromatic rings. The monoisotopic (exact) mass is 490 g/mol. The predicted octanol–water partition coefficient (Wildman–Crippen LogP) is 8.10. The van der Waals surface area contributed by atoms with Gasteiger partial charge < -0.3 is 10.2 Å². The number of aliphatic hydroxyl groups excluding tert-OH is 2. The SMILES string of the molecule is CC1CCC(C(O)CC(CCC[C@@H](O)C(=O)CC2CCC(CC3CCCCC3)CC2)C(C)C)CC1. The van der Waals surface area contributed by atoms with Crippen LogP contribution in [0.1, 0.15) is 143 Å². The molecule has 3 saturated carbocycles. The van der Waals surface area contributed by atoms with Crippen LogP contribution in [0, 0.1) is 41.4 Å². The number of hydrogen-bond acceptors (Lipinski definition) is 3. The van der Waals surface area contributed by atoms with Gasteiger partial charge in [0, 0.05) is 6.42 Å². The number of rotatable bonds is 13. The highest BCUT2D eigenvalue weighted by Crippen LogP contribution is 2.38. The van der Waals surface area contributed by atoms with Crippen LogP contribution in [0.5, 0.6) is 0 Å². The fraction of sp³-hybridized carbons (Fsp3) is 0.969. The first-order valence-electron chi connectivity index (χ1n) is 15.7. The minimum Gasteiger partial charge on any atom is -0.393 e. The van der Waals surface area contributed by atoms with E-state index in [1.165, 1.54) is 89.9 Å². The summed E-state index contributed by atoms with van der Waals surface area (Å²) in [4.78, 5) is 12.7. The number of carbonyl (C=O) groups excluding carboxylic acids is 1. The number of aliphatic hydroxyl groups is 2. The second-order valence-corrected chi connectivity index (χ2v) is 13.6. The van der Waals surface area contributed by atoms with Crippen molar-refractivity contribution in [2.24, 2.45) is 41.4 Å². The summed E-state index contributed by atoms with van der Waals surface area (Å²) < 4.78 is 0. The topological polar surface area (TPSA) is 57.5 Å². The van der Waals surface area contributed by atoms with Gasteiger partial charge in [-0.2, -0.15) is 0 Å². The zero-order valence-corrected chi connectivity index (χ0v) is 23.4. The van der Waals surface area contributed by atoms with Gasteiger partial charge in [0.15, 0.2) is 5.78 Å². The smallest absolute Gasteiger partial charge is 0.161 e. The van der Waals surface area contributed by atoms with Crippen LogP contribution >= 0.6 is 0 Å². The molecule has 3 nitrogen and oxygen atoms in total. The third kappa shape index (κ3) is 10.1. The molecule has 2 unspecified atom stereocenters. The molecular formula is C32H58O3. The predicted molar refractivity (Wildman–Crippen MR) is 146 cm³/mol. The van der Waals surface area contributed by atoms with Gasteiger partial charge in [0.25, 0.3) is 0 Å². The zero-order valence-electron chi connectivity index (χ0n) is 23.4. The molecule has 0 aliphatic heterocycles. The molecule has 3 heteroatoms. The van der Waals surface area contributed by atoms with E-state index >= 15 is 0 Å². The first-order valence-corrected chi connectivity index (χ1v) is 15.7. The minimum absolute atomic E-state index is 0.0817. The van der Waals surface area contributed by atoms with Crippen LogP contribution in [-0.2, 0) is 4.79 Å². The van der Waals surface area contributed by atoms with E-state index in [0.29, 0.717) is 36.5 Å². The summed E-state index contributed by atoms with van der Waals surface area (Å²) in [6, 6.07) is 0. The van der Waals surface area contributed by atoms with Crippen molar-refractivity contribution in [1.29, 1.82) is 0 Å². The summed E-state index contributed by atoms with van der Waals surface area (Å²) in [6.45, 7) is 6.84. The molecule has 3 atom stereocenters. The lowest BCUT2D eigenvalue weighted by Gasteiger charge is -2.33. The van der Waals surface area contributed by atoms with Crippen LogP contribution in [0.2, 0.25) is 0 Å². The Morgan fingerprint density at radius 1 is 0.771 bits per heavy atom. The Morgan fingerprint density at radius 3 is 2.00 bits per heavy atom. The van der Waals surface area contributed by atoms with Crippen molar-refractivity contribution in [3.05, 3.63) is 0 Å². The Morgan fingerprint density at radius 2 is 1.37 bits per heavy atom. The second kappa shape index (κ2) is 15.1. The summed E-state index contributed by atoms with van der Waals surface area (Å²) in [7, 11) is 0. The largest absolute Gasteiger partial charge is 0.393 e. The van der Waals surface area contributed by atoms with Gasteiger partial charge in [-0.1, -0.05) is 85.0 Å². The first kappa shape index (κ1) is 29.2. The van der Waals surface area contributed by atoms with Gasteiger partial charge in [0.1, 0.15) is 6.10 Å². The van der Waals surface area contributed by atoms with E-state index in [1.54, 1.807) is 0 Å². The van der Waals surface area contributed by atoms with Crippen LogP contribution in [0.3, 0.4) is 0 Å². The Balaban J connectivity index is 1.30. The summed E-state index contributed by atoms with van der Waals surface area (Å²) in [5.41, 5.74) is 0. The van der Waals surface area contributed by atoms with Gasteiger partial charge in [0.05, 0.1) is 6.10 Å². The van der Waals surface area contributed by atoms with Crippen molar-refractivity contribution in [1.82, 2.24) is 0 Å². The average Bonchev–Trinajstić information content (AvgIpc) is 2.85. The van der Waals surface area contributed by atoms with Gasteiger partial charge in [0.2, 0.25) is 0 Å². The lowest BCUT2D eigenvalue weighted by atomic mass is 9.74. The van der Waals surface area contributed by atoms with Crippen molar-refractivity contribution in [3.63, 3.8) is 0 Å². The van der Waals surface area contributed by atoms with Crippen molar-refractivity contribution < 1.29 is 15.0 Å². The van der Waals surface area contributed by atoms with Crippen LogP contribution in [-0.4, -0.2) is 28.2 Å². The molecule has 2 N–H and O–H groups in total. The maximum absolute atomic E-state index is 12.7. The van der Waals surface area contributed by atoms with Crippen molar-refractivity contribution in [3.8, 4) is 0 Å². The maximum Gasteiger partial charge on any atom is 0.161 e. The molecular weight excluding hydrogens is 432 g/mol. The fourth-order valence-corrected chi connectivity index (χ4v) is 7.62. The van der Waals surface area contributed by atoms with E-state index in [0.717, 1.165) is 37.0 Å². The summed E-state index contributed by atoms with van der Waals surface area (Å²) in [5, 5.41) is 21.4. The second-order valence-electron chi connectivity index (χ2n) is 13.6. The number of Topliss-reactive ketones (excluding diaryl/α,β-unsaturated/α-hetero) is 1. The third-order valence-electron chi connectivity index (χ3n) is 10.4. The average molecular weight is 491 g/mol. The Kier molecular flexibility index (Phi) is 12.6. The van der Waals surface area contributed by atoms with E-state index in [4.69, 9.17) is 0 Å². The molecule has 35 heavy (non-hydrogen) atoms. The molecule has 0 radical (unpaired) electrons. The van der Waals surface area contributed by atoms with Gasteiger partial charge >= 0.3 is 0 Å². The molecule has 0 heterocycles. The summed E-state index contributed by atoms with van der Waals surface area (Å²) >= 11 is 0. The normalized spacial score (nSPS) is 31.3. The molecule has 3 fully saturated rings. The molecule has 0 aromatic carbocycles. The molecule has 3 aliphatic rings. The third-order valence-corrected chi connectivity index (χ3v) is 10.4. The standard InChI is InChI=1S/C32H58O3/c1-23(2)29(22-31(34)28-18-12-24(3)13-19-28)10-7-11-30(33)32(35)21-27-16-14-26(15-17-27)20-25-8-5-4-6-9-25/h23-31,33-34H,4-22H2,1-3H3/t24?,26?,27?,28?,29?,30-,31?/m1/s1. The Hall–Kier alpha value is -0.410. The van der Waals surface area contributed by atoms with Gasteiger partial charge in [-0.15, -0.1) is 0 Å². The molecule has 3 rings (SSSR count). The molecule has 0 aromatic heterocycles.